The van der Waals surface area contributed by atoms with Crippen molar-refractivity contribution in [2.24, 2.45) is 0 Å². The maximum Gasteiger partial charge on any atom is 0.255 e. The minimum atomic E-state index is -0.500. The lowest BCUT2D eigenvalue weighted by atomic mass is 10.0. The molecule has 0 bridgehead atoms. The van der Waals surface area contributed by atoms with Gasteiger partial charge in [-0.2, -0.15) is 0 Å². The predicted octanol–water partition coefficient (Wildman–Crippen LogP) is 3.48. The number of nitrogens with zero attached hydrogens (tertiary/aromatic N) is 2. The second kappa shape index (κ2) is 7.14. The highest BCUT2D eigenvalue weighted by Gasteiger charge is 2.47. The number of rotatable bonds is 2. The van der Waals surface area contributed by atoms with E-state index in [1.807, 2.05) is 21.6 Å². The lowest BCUT2D eigenvalue weighted by Gasteiger charge is -2.44. The molecule has 1 spiro atoms. The molecule has 2 heterocycles. The van der Waals surface area contributed by atoms with Gasteiger partial charge in [0.15, 0.2) is 0 Å². The highest BCUT2D eigenvalue weighted by atomic mass is 35.5. The van der Waals surface area contributed by atoms with Gasteiger partial charge in [-0.3, -0.25) is 9.59 Å². The van der Waals surface area contributed by atoms with Crippen molar-refractivity contribution in [3.8, 4) is 0 Å². The molecule has 2 saturated heterocycles. The minimum Gasteiger partial charge on any atom is -0.341 e. The Bertz CT molecular complexity index is 645. The molecule has 0 aliphatic carbocycles. The Kier molecular flexibility index (Phi) is 5.33. The fourth-order valence-corrected chi connectivity index (χ4v) is 5.20. The topological polar surface area (TPSA) is 40.6 Å². The lowest BCUT2D eigenvalue weighted by molar-refractivity contribution is -0.132. The molecule has 3 rings (SSSR count). The van der Waals surface area contributed by atoms with Crippen molar-refractivity contribution in [3.05, 3.63) is 34.9 Å². The third kappa shape index (κ3) is 3.39. The standard InChI is InChI=1S/C17H20Cl2N2O2S/c1-12(18)15(22)20-7-5-17(6-8-20)21(9-10-24-17)16(23)13-3-2-4-14(19)11-13/h2-4,11-12H,5-10H2,1H3. The van der Waals surface area contributed by atoms with Crippen molar-refractivity contribution < 1.29 is 9.59 Å². The van der Waals surface area contributed by atoms with Crippen LogP contribution in [-0.4, -0.2) is 57.2 Å². The van der Waals surface area contributed by atoms with Crippen LogP contribution < -0.4 is 0 Å². The van der Waals surface area contributed by atoms with E-state index in [4.69, 9.17) is 23.2 Å². The first-order chi connectivity index (χ1) is 11.4. The van der Waals surface area contributed by atoms with E-state index in [0.717, 1.165) is 25.1 Å². The second-order valence-electron chi connectivity index (χ2n) is 6.20. The van der Waals surface area contributed by atoms with E-state index in [9.17, 15) is 9.59 Å². The summed E-state index contributed by atoms with van der Waals surface area (Å²) in [6.07, 6.45) is 1.55. The van der Waals surface area contributed by atoms with Crippen LogP contribution in [0.2, 0.25) is 5.02 Å². The van der Waals surface area contributed by atoms with E-state index in [2.05, 4.69) is 0 Å². The molecule has 0 N–H and O–H groups in total. The molecule has 4 nitrogen and oxygen atoms in total. The van der Waals surface area contributed by atoms with E-state index in [1.165, 1.54) is 0 Å². The van der Waals surface area contributed by atoms with Crippen LogP contribution in [0.15, 0.2) is 24.3 Å². The van der Waals surface area contributed by atoms with Crippen LogP contribution in [-0.2, 0) is 4.79 Å². The van der Waals surface area contributed by atoms with Crippen LogP contribution in [0.5, 0.6) is 0 Å². The molecule has 0 saturated carbocycles. The third-order valence-corrected chi connectivity index (χ3v) is 6.67. The molecule has 1 aromatic rings. The Balaban J connectivity index is 1.74. The minimum absolute atomic E-state index is 0.0213. The van der Waals surface area contributed by atoms with Crippen molar-refractivity contribution in [3.63, 3.8) is 0 Å². The molecule has 2 amide bonds. The molecule has 1 atom stereocenters. The average Bonchev–Trinajstić information content (AvgIpc) is 2.97. The van der Waals surface area contributed by atoms with Crippen LogP contribution in [0.3, 0.4) is 0 Å². The molecule has 1 aromatic carbocycles. The van der Waals surface area contributed by atoms with Gasteiger partial charge >= 0.3 is 0 Å². The fraction of sp³-hybridized carbons (Fsp3) is 0.529. The van der Waals surface area contributed by atoms with Gasteiger partial charge in [0.2, 0.25) is 5.91 Å². The number of alkyl halides is 1. The summed E-state index contributed by atoms with van der Waals surface area (Å²) in [5.41, 5.74) is 0.622. The molecule has 1 unspecified atom stereocenters. The number of carbonyl (C=O) groups excluding carboxylic acids is 2. The van der Waals surface area contributed by atoms with Crippen molar-refractivity contribution >= 4 is 46.8 Å². The zero-order valence-corrected chi connectivity index (χ0v) is 15.8. The first-order valence-electron chi connectivity index (χ1n) is 8.07. The average molecular weight is 387 g/mol. The molecule has 24 heavy (non-hydrogen) atoms. The van der Waals surface area contributed by atoms with Crippen LogP contribution in [0.4, 0.5) is 0 Å². The number of likely N-dealkylation sites (tertiary alicyclic amines) is 1. The first-order valence-corrected chi connectivity index (χ1v) is 9.87. The molecule has 2 aliphatic heterocycles. The van der Waals surface area contributed by atoms with Gasteiger partial charge in [-0.25, -0.2) is 0 Å². The summed E-state index contributed by atoms with van der Waals surface area (Å²) >= 11 is 13.8. The van der Waals surface area contributed by atoms with Crippen LogP contribution >= 0.6 is 35.0 Å². The summed E-state index contributed by atoms with van der Waals surface area (Å²) in [6, 6.07) is 7.09. The van der Waals surface area contributed by atoms with Gasteiger partial charge < -0.3 is 9.80 Å². The Morgan fingerprint density at radius 2 is 1.96 bits per heavy atom. The van der Waals surface area contributed by atoms with E-state index >= 15 is 0 Å². The summed E-state index contributed by atoms with van der Waals surface area (Å²) < 4.78 is 0. The normalized spacial score (nSPS) is 21.1. The van der Waals surface area contributed by atoms with Crippen molar-refractivity contribution in [1.82, 2.24) is 9.80 Å². The number of hydrogen-bond acceptors (Lipinski definition) is 3. The molecular formula is C17H20Cl2N2O2S. The van der Waals surface area contributed by atoms with Gasteiger partial charge in [0, 0.05) is 36.0 Å². The third-order valence-electron chi connectivity index (χ3n) is 4.69. The maximum absolute atomic E-state index is 12.9. The van der Waals surface area contributed by atoms with Gasteiger partial charge in [0.05, 0.1) is 4.87 Å². The van der Waals surface area contributed by atoms with Crippen LogP contribution in [0.25, 0.3) is 0 Å². The number of benzene rings is 1. The maximum atomic E-state index is 12.9. The molecule has 0 radical (unpaired) electrons. The Morgan fingerprint density at radius 1 is 1.25 bits per heavy atom. The first kappa shape index (κ1) is 17.9. The van der Waals surface area contributed by atoms with Gasteiger partial charge in [0.1, 0.15) is 5.38 Å². The van der Waals surface area contributed by atoms with E-state index < -0.39 is 5.38 Å². The second-order valence-corrected chi connectivity index (χ2v) is 8.75. The smallest absolute Gasteiger partial charge is 0.255 e. The number of thioether (sulfide) groups is 1. The lowest BCUT2D eigenvalue weighted by Crippen LogP contribution is -2.54. The van der Waals surface area contributed by atoms with Crippen molar-refractivity contribution in [2.45, 2.75) is 30.0 Å². The van der Waals surface area contributed by atoms with Gasteiger partial charge in [-0.05, 0) is 38.0 Å². The van der Waals surface area contributed by atoms with E-state index in [0.29, 0.717) is 23.7 Å². The molecule has 0 aromatic heterocycles. The number of halogens is 2. The Hall–Kier alpha value is -0.910. The molecule has 7 heteroatoms. The van der Waals surface area contributed by atoms with Crippen LogP contribution in [0, 0.1) is 0 Å². The van der Waals surface area contributed by atoms with E-state index in [-0.39, 0.29) is 16.7 Å². The summed E-state index contributed by atoms with van der Waals surface area (Å²) in [5.74, 6) is 0.918. The monoisotopic (exact) mass is 386 g/mol. The Morgan fingerprint density at radius 3 is 2.58 bits per heavy atom. The molecule has 2 fully saturated rings. The summed E-state index contributed by atoms with van der Waals surface area (Å²) in [7, 11) is 0. The summed E-state index contributed by atoms with van der Waals surface area (Å²) in [4.78, 5) is 28.6. The SMILES string of the molecule is CC(Cl)C(=O)N1CCC2(CC1)SCCN2C(=O)c1cccc(Cl)c1. The number of amides is 2. The Labute approximate surface area is 156 Å². The van der Waals surface area contributed by atoms with Crippen molar-refractivity contribution in [2.75, 3.05) is 25.4 Å². The van der Waals surface area contributed by atoms with Crippen LogP contribution in [0.1, 0.15) is 30.1 Å². The predicted molar refractivity (Wildman–Crippen MR) is 98.8 cm³/mol. The zero-order valence-electron chi connectivity index (χ0n) is 13.5. The van der Waals surface area contributed by atoms with Gasteiger partial charge in [0.25, 0.3) is 5.91 Å². The largest absolute Gasteiger partial charge is 0.341 e. The van der Waals surface area contributed by atoms with E-state index in [1.54, 1.807) is 31.2 Å². The summed E-state index contributed by atoms with van der Waals surface area (Å²) in [6.45, 7) is 3.72. The highest BCUT2D eigenvalue weighted by molar-refractivity contribution is 8.00. The number of carbonyl (C=O) groups is 2. The van der Waals surface area contributed by atoms with Gasteiger partial charge in [-0.15, -0.1) is 23.4 Å². The molecule has 2 aliphatic rings. The van der Waals surface area contributed by atoms with Gasteiger partial charge in [-0.1, -0.05) is 17.7 Å². The quantitative estimate of drug-likeness (QED) is 0.730. The molecular weight excluding hydrogens is 367 g/mol. The summed E-state index contributed by atoms with van der Waals surface area (Å²) in [5, 5.41) is 0.0674. The zero-order chi connectivity index (χ0) is 17.3. The number of piperidine rings is 1. The number of hydrogen-bond donors (Lipinski definition) is 0. The highest BCUT2D eigenvalue weighted by Crippen LogP contribution is 2.44. The van der Waals surface area contributed by atoms with Crippen molar-refractivity contribution in [1.29, 1.82) is 0 Å². The molecule has 130 valence electrons. The fourth-order valence-electron chi connectivity index (χ4n) is 3.41.